The van der Waals surface area contributed by atoms with Crippen LogP contribution in [0.2, 0.25) is 10.0 Å². The van der Waals surface area contributed by atoms with Gasteiger partial charge in [0, 0.05) is 16.5 Å². The van der Waals surface area contributed by atoms with E-state index >= 15 is 0 Å². The second-order valence-corrected chi connectivity index (χ2v) is 6.47. The average molecular weight is 373 g/mol. The molecule has 1 aromatic heterocycles. The van der Waals surface area contributed by atoms with Crippen molar-refractivity contribution in [2.75, 3.05) is 0 Å². The molecular weight excluding hydrogens is 355 g/mol. The van der Waals surface area contributed by atoms with Crippen molar-refractivity contribution in [2.24, 2.45) is 0 Å². The molecule has 1 heterocycles. The summed E-state index contributed by atoms with van der Waals surface area (Å²) in [6, 6.07) is 4.98. The van der Waals surface area contributed by atoms with Gasteiger partial charge in [0.15, 0.2) is 4.77 Å². The smallest absolute Gasteiger partial charge is 0.240 e. The van der Waals surface area contributed by atoms with E-state index in [2.05, 4.69) is 15.5 Å². The van der Waals surface area contributed by atoms with E-state index < -0.39 is 0 Å². The zero-order valence-electron chi connectivity index (χ0n) is 12.9. The lowest BCUT2D eigenvalue weighted by atomic mass is 10.1. The Morgan fingerprint density at radius 1 is 1.48 bits per heavy atom. The van der Waals surface area contributed by atoms with Crippen LogP contribution in [0.4, 0.5) is 0 Å². The maximum atomic E-state index is 12.3. The van der Waals surface area contributed by atoms with Gasteiger partial charge in [-0.05, 0) is 43.3 Å². The molecule has 2 N–H and O–H groups in total. The first-order valence-corrected chi connectivity index (χ1v) is 8.47. The van der Waals surface area contributed by atoms with Gasteiger partial charge in [-0.2, -0.15) is 5.10 Å². The van der Waals surface area contributed by atoms with E-state index in [4.69, 9.17) is 35.4 Å². The summed E-state index contributed by atoms with van der Waals surface area (Å²) in [4.78, 5) is 12.3. The molecule has 0 spiro atoms. The Morgan fingerprint density at radius 2 is 2.22 bits per heavy atom. The molecule has 0 aliphatic heterocycles. The minimum Gasteiger partial charge on any atom is -0.348 e. The highest BCUT2D eigenvalue weighted by atomic mass is 35.5. The van der Waals surface area contributed by atoms with Crippen molar-refractivity contribution in [1.29, 1.82) is 0 Å². The zero-order valence-corrected chi connectivity index (χ0v) is 15.2. The number of benzene rings is 1. The van der Waals surface area contributed by atoms with Gasteiger partial charge in [-0.15, -0.1) is 0 Å². The lowest BCUT2D eigenvalue weighted by Gasteiger charge is -2.16. The molecule has 124 valence electrons. The third-order valence-corrected chi connectivity index (χ3v) is 4.29. The highest BCUT2D eigenvalue weighted by Crippen LogP contribution is 2.26. The van der Waals surface area contributed by atoms with Gasteiger partial charge in [0.1, 0.15) is 12.4 Å². The lowest BCUT2D eigenvalue weighted by Crippen LogP contribution is -2.30. The van der Waals surface area contributed by atoms with Crippen LogP contribution < -0.4 is 5.32 Å². The number of aromatic nitrogens is 3. The number of aryl methyl sites for hydroxylation is 1. The predicted octanol–water partition coefficient (Wildman–Crippen LogP) is 4.08. The molecular formula is C15H18Cl2N4OS. The topological polar surface area (TPSA) is 62.7 Å². The van der Waals surface area contributed by atoms with Gasteiger partial charge in [-0.25, -0.2) is 0 Å². The minimum absolute atomic E-state index is 0.125. The maximum Gasteiger partial charge on any atom is 0.240 e. The fourth-order valence-electron chi connectivity index (χ4n) is 2.29. The largest absolute Gasteiger partial charge is 0.348 e. The molecule has 0 fully saturated rings. The van der Waals surface area contributed by atoms with E-state index in [1.807, 2.05) is 19.9 Å². The normalized spacial score (nSPS) is 12.2. The molecule has 23 heavy (non-hydrogen) atoms. The monoisotopic (exact) mass is 372 g/mol. The van der Waals surface area contributed by atoms with Crippen molar-refractivity contribution in [3.63, 3.8) is 0 Å². The zero-order chi connectivity index (χ0) is 17.0. The fourth-order valence-corrected chi connectivity index (χ4v) is 3.08. The van der Waals surface area contributed by atoms with Crippen molar-refractivity contribution < 1.29 is 4.79 Å². The third kappa shape index (κ3) is 4.56. The Balaban J connectivity index is 2.07. The summed E-state index contributed by atoms with van der Waals surface area (Å²) in [5, 5.41) is 10.9. The van der Waals surface area contributed by atoms with E-state index in [9.17, 15) is 4.79 Å². The van der Waals surface area contributed by atoms with E-state index in [1.54, 1.807) is 16.7 Å². The van der Waals surface area contributed by atoms with Crippen LogP contribution in [-0.4, -0.2) is 20.7 Å². The Morgan fingerprint density at radius 3 is 2.87 bits per heavy atom. The first kappa shape index (κ1) is 18.0. The van der Waals surface area contributed by atoms with E-state index in [0.29, 0.717) is 14.8 Å². The Kier molecular flexibility index (Phi) is 6.21. The van der Waals surface area contributed by atoms with Gasteiger partial charge in [-0.3, -0.25) is 14.5 Å². The molecule has 0 saturated heterocycles. The van der Waals surface area contributed by atoms with Gasteiger partial charge in [0.2, 0.25) is 5.91 Å². The summed E-state index contributed by atoms with van der Waals surface area (Å²) in [7, 11) is 0. The summed E-state index contributed by atoms with van der Waals surface area (Å²) in [5.41, 5.74) is 0.814. The fraction of sp³-hybridized carbons (Fsp3) is 0.400. The summed E-state index contributed by atoms with van der Waals surface area (Å²) in [6.45, 7) is 4.04. The van der Waals surface area contributed by atoms with Crippen molar-refractivity contribution in [2.45, 2.75) is 39.3 Å². The molecule has 0 bridgehead atoms. The van der Waals surface area contributed by atoms with E-state index in [-0.39, 0.29) is 18.5 Å². The number of nitrogens with zero attached hydrogens (tertiary/aromatic N) is 2. The number of rotatable bonds is 6. The van der Waals surface area contributed by atoms with Crippen LogP contribution in [0, 0.1) is 4.77 Å². The maximum absolute atomic E-state index is 12.3. The number of hydrogen-bond donors (Lipinski definition) is 2. The van der Waals surface area contributed by atoms with Crippen molar-refractivity contribution >= 4 is 41.3 Å². The second kappa shape index (κ2) is 7.95. The van der Waals surface area contributed by atoms with Crippen molar-refractivity contribution in [3.8, 4) is 0 Å². The molecule has 1 atom stereocenters. The van der Waals surface area contributed by atoms with E-state index in [1.165, 1.54) is 0 Å². The quantitative estimate of drug-likeness (QED) is 0.750. The number of carbonyl (C=O) groups is 1. The summed E-state index contributed by atoms with van der Waals surface area (Å²) in [6.07, 6.45) is 1.69. The van der Waals surface area contributed by atoms with Crippen LogP contribution in [0.5, 0.6) is 0 Å². The minimum atomic E-state index is -0.233. The number of amides is 1. The van der Waals surface area contributed by atoms with Crippen LogP contribution in [0.1, 0.15) is 37.7 Å². The van der Waals surface area contributed by atoms with E-state index in [0.717, 1.165) is 24.2 Å². The number of nitrogens with one attached hydrogen (secondary N) is 2. The molecule has 2 aromatic rings. The first-order valence-electron chi connectivity index (χ1n) is 7.30. The first-order chi connectivity index (χ1) is 10.9. The molecule has 1 amide bonds. The number of halogens is 2. The molecule has 5 nitrogen and oxygen atoms in total. The van der Waals surface area contributed by atoms with Gasteiger partial charge < -0.3 is 5.32 Å². The Bertz CT molecular complexity index is 756. The molecule has 0 aliphatic carbocycles. The predicted molar refractivity (Wildman–Crippen MR) is 94.4 cm³/mol. The molecule has 1 unspecified atom stereocenters. The average Bonchev–Trinajstić information content (AvgIpc) is 2.80. The summed E-state index contributed by atoms with van der Waals surface area (Å²) >= 11 is 17.2. The van der Waals surface area contributed by atoms with Crippen LogP contribution in [0.15, 0.2) is 18.2 Å². The molecule has 0 saturated carbocycles. The van der Waals surface area contributed by atoms with Crippen LogP contribution in [0.3, 0.4) is 0 Å². The number of aromatic amines is 1. The standard InChI is InChI=1S/C15H18Cl2N4OS/c1-3-4-13-19-20-15(23)21(13)8-14(22)18-9(2)11-6-5-10(16)7-12(11)17/h5-7,9H,3-4,8H2,1-2H3,(H,18,22)(H,20,23). The molecule has 1 aromatic carbocycles. The molecule has 2 rings (SSSR count). The van der Waals surface area contributed by atoms with Gasteiger partial charge in [-0.1, -0.05) is 36.2 Å². The Hall–Kier alpha value is -1.37. The molecule has 0 aliphatic rings. The van der Waals surface area contributed by atoms with Gasteiger partial charge in [0.05, 0.1) is 6.04 Å². The molecule has 0 radical (unpaired) electrons. The Labute approximate surface area is 150 Å². The second-order valence-electron chi connectivity index (χ2n) is 5.24. The number of carbonyl (C=O) groups excluding carboxylic acids is 1. The third-order valence-electron chi connectivity index (χ3n) is 3.42. The van der Waals surface area contributed by atoms with Gasteiger partial charge in [0.25, 0.3) is 0 Å². The molecule has 8 heteroatoms. The number of H-pyrrole nitrogens is 1. The van der Waals surface area contributed by atoms with Gasteiger partial charge >= 0.3 is 0 Å². The lowest BCUT2D eigenvalue weighted by molar-refractivity contribution is -0.122. The highest BCUT2D eigenvalue weighted by molar-refractivity contribution is 7.71. The van der Waals surface area contributed by atoms with Crippen LogP contribution >= 0.6 is 35.4 Å². The highest BCUT2D eigenvalue weighted by Gasteiger charge is 2.15. The van der Waals surface area contributed by atoms with Crippen molar-refractivity contribution in [3.05, 3.63) is 44.4 Å². The SMILES string of the molecule is CCCc1n[nH]c(=S)n1CC(=O)NC(C)c1ccc(Cl)cc1Cl. The van der Waals surface area contributed by atoms with Crippen LogP contribution in [0.25, 0.3) is 0 Å². The van der Waals surface area contributed by atoms with Crippen LogP contribution in [-0.2, 0) is 17.8 Å². The summed E-state index contributed by atoms with van der Waals surface area (Å²) < 4.78 is 2.16. The summed E-state index contributed by atoms with van der Waals surface area (Å²) in [5.74, 6) is 0.628. The van der Waals surface area contributed by atoms with Crippen molar-refractivity contribution in [1.82, 2.24) is 20.1 Å². The number of hydrogen-bond acceptors (Lipinski definition) is 3.